The molecule has 0 N–H and O–H groups in total. The van der Waals surface area contributed by atoms with Crippen LogP contribution in [0.15, 0.2) is 59.6 Å². The Kier molecular flexibility index (Phi) is 3.33. The molecule has 0 saturated heterocycles. The van der Waals surface area contributed by atoms with E-state index >= 15 is 0 Å². The molecule has 3 heteroatoms. The average Bonchev–Trinajstić information content (AvgIpc) is 2.81. The van der Waals surface area contributed by atoms with Crippen molar-refractivity contribution in [2.24, 2.45) is 4.99 Å². The molecule has 0 fully saturated rings. The normalized spacial score (nSPS) is 17.8. The minimum absolute atomic E-state index is 0.273. The molecule has 1 heterocycles. The van der Waals surface area contributed by atoms with Gasteiger partial charge in [-0.3, -0.25) is 0 Å². The van der Waals surface area contributed by atoms with Crippen LogP contribution in [0.25, 0.3) is 0 Å². The molecule has 1 aliphatic heterocycles. The van der Waals surface area contributed by atoms with Gasteiger partial charge in [-0.2, -0.15) is 0 Å². The van der Waals surface area contributed by atoms with Gasteiger partial charge in [-0.1, -0.05) is 48.0 Å². The highest BCUT2D eigenvalue weighted by Gasteiger charge is 2.29. The van der Waals surface area contributed by atoms with Gasteiger partial charge in [-0.25, -0.2) is 9.79 Å². The molecule has 20 heavy (non-hydrogen) atoms. The fourth-order valence-electron chi connectivity index (χ4n) is 2.26. The van der Waals surface area contributed by atoms with E-state index in [1.54, 1.807) is 0 Å². The van der Waals surface area contributed by atoms with Crippen molar-refractivity contribution >= 4 is 11.9 Å². The van der Waals surface area contributed by atoms with Crippen molar-refractivity contribution in [3.8, 4) is 0 Å². The molecule has 0 bridgehead atoms. The van der Waals surface area contributed by atoms with E-state index in [1.165, 1.54) is 0 Å². The molecule has 2 aromatic rings. The van der Waals surface area contributed by atoms with Gasteiger partial charge in [0.05, 0.1) is 0 Å². The predicted octanol–water partition coefficient (Wildman–Crippen LogP) is 2.91. The maximum Gasteiger partial charge on any atom is 0.338 e. The second-order valence-electron chi connectivity index (χ2n) is 4.93. The lowest BCUT2D eigenvalue weighted by molar-refractivity contribution is -0.134. The van der Waals surface area contributed by atoms with Crippen molar-refractivity contribution in [1.29, 1.82) is 0 Å². The summed E-state index contributed by atoms with van der Waals surface area (Å²) in [5.41, 5.74) is 3.06. The number of nitrogens with zero attached hydrogens (tertiary/aromatic N) is 1. The van der Waals surface area contributed by atoms with E-state index in [9.17, 15) is 4.79 Å². The second kappa shape index (κ2) is 5.29. The second-order valence-corrected chi connectivity index (χ2v) is 4.93. The number of cyclic esters (lactones) is 1. The third kappa shape index (κ3) is 2.62. The zero-order valence-electron chi connectivity index (χ0n) is 11.2. The molecular formula is C17H15NO2. The van der Waals surface area contributed by atoms with Crippen LogP contribution < -0.4 is 0 Å². The number of aliphatic imine (C=N–C) groups is 1. The Hall–Kier alpha value is -2.42. The van der Waals surface area contributed by atoms with Gasteiger partial charge in [0.25, 0.3) is 0 Å². The molecule has 1 aliphatic rings. The number of hydrogen-bond acceptors (Lipinski definition) is 3. The van der Waals surface area contributed by atoms with E-state index in [2.05, 4.69) is 4.99 Å². The average molecular weight is 265 g/mol. The van der Waals surface area contributed by atoms with E-state index < -0.39 is 6.04 Å². The molecule has 0 aromatic heterocycles. The van der Waals surface area contributed by atoms with Gasteiger partial charge in [-0.15, -0.1) is 0 Å². The standard InChI is InChI=1S/C17H15NO2/c1-12-6-5-9-14(10-12)16-18-15(17(19)20-16)11-13-7-3-2-4-8-13/h2-10,15H,11H2,1H3. The minimum atomic E-state index is -0.437. The van der Waals surface area contributed by atoms with Gasteiger partial charge in [0.1, 0.15) is 0 Å². The van der Waals surface area contributed by atoms with E-state index in [-0.39, 0.29) is 5.97 Å². The summed E-state index contributed by atoms with van der Waals surface area (Å²) in [6.45, 7) is 2.00. The van der Waals surface area contributed by atoms with Crippen LogP contribution in [0.2, 0.25) is 0 Å². The molecule has 1 atom stereocenters. The third-order valence-corrected chi connectivity index (χ3v) is 3.28. The first-order valence-electron chi connectivity index (χ1n) is 6.63. The van der Waals surface area contributed by atoms with Gasteiger partial charge < -0.3 is 4.74 Å². The summed E-state index contributed by atoms with van der Waals surface area (Å²) in [7, 11) is 0. The number of rotatable bonds is 3. The van der Waals surface area contributed by atoms with Crippen LogP contribution in [0.4, 0.5) is 0 Å². The number of ether oxygens (including phenoxy) is 1. The lowest BCUT2D eigenvalue weighted by atomic mass is 10.1. The summed E-state index contributed by atoms with van der Waals surface area (Å²) in [6, 6.07) is 17.2. The van der Waals surface area contributed by atoms with Gasteiger partial charge in [-0.05, 0) is 24.6 Å². The third-order valence-electron chi connectivity index (χ3n) is 3.28. The van der Waals surface area contributed by atoms with Crippen molar-refractivity contribution in [1.82, 2.24) is 0 Å². The molecule has 0 amide bonds. The van der Waals surface area contributed by atoms with Gasteiger partial charge >= 0.3 is 5.97 Å². The zero-order chi connectivity index (χ0) is 13.9. The molecule has 0 spiro atoms. The predicted molar refractivity (Wildman–Crippen MR) is 77.7 cm³/mol. The van der Waals surface area contributed by atoms with Crippen molar-refractivity contribution in [3.63, 3.8) is 0 Å². The fraction of sp³-hybridized carbons (Fsp3) is 0.176. The van der Waals surface area contributed by atoms with Crippen LogP contribution in [0.5, 0.6) is 0 Å². The minimum Gasteiger partial charge on any atom is -0.406 e. The summed E-state index contributed by atoms with van der Waals surface area (Å²) < 4.78 is 5.30. The largest absolute Gasteiger partial charge is 0.406 e. The van der Waals surface area contributed by atoms with Gasteiger partial charge in [0.15, 0.2) is 6.04 Å². The number of carbonyl (C=O) groups excluding carboxylic acids is 1. The first-order valence-corrected chi connectivity index (χ1v) is 6.63. The monoisotopic (exact) mass is 265 g/mol. The molecule has 2 aromatic carbocycles. The molecule has 1 unspecified atom stereocenters. The highest BCUT2D eigenvalue weighted by atomic mass is 16.6. The Bertz CT molecular complexity index is 662. The van der Waals surface area contributed by atoms with Crippen molar-refractivity contribution in [2.75, 3.05) is 0 Å². The molecule has 0 aliphatic carbocycles. The van der Waals surface area contributed by atoms with Crippen LogP contribution in [-0.2, 0) is 16.0 Å². The van der Waals surface area contributed by atoms with E-state index in [0.29, 0.717) is 12.3 Å². The molecule has 100 valence electrons. The van der Waals surface area contributed by atoms with Crippen LogP contribution in [0.3, 0.4) is 0 Å². The van der Waals surface area contributed by atoms with Crippen molar-refractivity contribution in [3.05, 3.63) is 71.3 Å². The van der Waals surface area contributed by atoms with Gasteiger partial charge in [0, 0.05) is 12.0 Å². The topological polar surface area (TPSA) is 38.7 Å². The Morgan fingerprint density at radius 2 is 1.90 bits per heavy atom. The van der Waals surface area contributed by atoms with Gasteiger partial charge in [0.2, 0.25) is 5.90 Å². The number of carbonyl (C=O) groups is 1. The maximum absolute atomic E-state index is 11.9. The van der Waals surface area contributed by atoms with Crippen LogP contribution in [0.1, 0.15) is 16.7 Å². The highest BCUT2D eigenvalue weighted by Crippen LogP contribution is 2.17. The Morgan fingerprint density at radius 3 is 2.65 bits per heavy atom. The number of hydrogen-bond donors (Lipinski definition) is 0. The van der Waals surface area contributed by atoms with Crippen LogP contribution in [0, 0.1) is 6.92 Å². The number of esters is 1. The highest BCUT2D eigenvalue weighted by molar-refractivity contribution is 6.06. The molecule has 0 radical (unpaired) electrons. The summed E-state index contributed by atoms with van der Waals surface area (Å²) in [5, 5.41) is 0. The zero-order valence-corrected chi connectivity index (χ0v) is 11.2. The Morgan fingerprint density at radius 1 is 1.10 bits per heavy atom. The van der Waals surface area contributed by atoms with E-state index in [4.69, 9.17) is 4.74 Å². The van der Waals surface area contributed by atoms with Crippen LogP contribution in [-0.4, -0.2) is 17.9 Å². The molecule has 3 rings (SSSR count). The molecule has 0 saturated carbocycles. The summed E-state index contributed by atoms with van der Waals surface area (Å²) in [6.07, 6.45) is 0.578. The summed E-state index contributed by atoms with van der Waals surface area (Å²) >= 11 is 0. The quantitative estimate of drug-likeness (QED) is 0.800. The van der Waals surface area contributed by atoms with Crippen molar-refractivity contribution < 1.29 is 9.53 Å². The first kappa shape index (κ1) is 12.6. The van der Waals surface area contributed by atoms with Crippen LogP contribution >= 0.6 is 0 Å². The number of aryl methyl sites for hydroxylation is 1. The SMILES string of the molecule is Cc1cccc(C2=NC(Cc3ccccc3)C(=O)O2)c1. The summed E-state index contributed by atoms with van der Waals surface area (Å²) in [4.78, 5) is 16.3. The fourth-order valence-corrected chi connectivity index (χ4v) is 2.26. The Labute approximate surface area is 117 Å². The lowest BCUT2D eigenvalue weighted by Gasteiger charge is -2.02. The smallest absolute Gasteiger partial charge is 0.338 e. The number of benzene rings is 2. The van der Waals surface area contributed by atoms with E-state index in [1.807, 2.05) is 61.5 Å². The first-order chi connectivity index (χ1) is 9.72. The maximum atomic E-state index is 11.9. The molecular weight excluding hydrogens is 250 g/mol. The van der Waals surface area contributed by atoms with Crippen molar-refractivity contribution in [2.45, 2.75) is 19.4 Å². The van der Waals surface area contributed by atoms with E-state index in [0.717, 1.165) is 16.7 Å². The lowest BCUT2D eigenvalue weighted by Crippen LogP contribution is -2.17. The summed E-state index contributed by atoms with van der Waals surface area (Å²) in [5.74, 6) is 0.157. The Balaban J connectivity index is 1.82. The molecule has 3 nitrogen and oxygen atoms in total.